The molecular formula is C19H28N2O4S. The molecule has 0 aliphatic carbocycles. The quantitative estimate of drug-likeness (QED) is 0.760. The molecule has 7 heteroatoms. The lowest BCUT2D eigenvalue weighted by molar-refractivity contribution is 0.00822. The fraction of sp³-hybridized carbons (Fsp3) is 0.632. The number of fused-ring (bicyclic) bond motifs is 2. The molecule has 0 N–H and O–H groups in total. The molecule has 1 aromatic rings. The van der Waals surface area contributed by atoms with Crippen molar-refractivity contribution in [3.05, 3.63) is 29.8 Å². The maximum atomic E-state index is 13.0. The van der Waals surface area contributed by atoms with Crippen molar-refractivity contribution in [3.63, 3.8) is 0 Å². The first-order valence-corrected chi connectivity index (χ1v) is 10.8. The van der Waals surface area contributed by atoms with E-state index < -0.39 is 10.0 Å². The number of methoxy groups -OCH3 is 1. The van der Waals surface area contributed by atoms with Crippen molar-refractivity contribution in [1.29, 1.82) is 0 Å². The van der Waals surface area contributed by atoms with Crippen molar-refractivity contribution >= 4 is 15.9 Å². The molecule has 2 bridgehead atoms. The van der Waals surface area contributed by atoms with Gasteiger partial charge < -0.3 is 9.64 Å². The number of hydrogen-bond donors (Lipinski definition) is 0. The molecule has 2 aliphatic rings. The molecule has 2 saturated heterocycles. The maximum Gasteiger partial charge on any atom is 0.254 e. The minimum Gasteiger partial charge on any atom is -0.381 e. The number of benzene rings is 1. The molecule has 0 saturated carbocycles. The van der Waals surface area contributed by atoms with E-state index in [9.17, 15) is 13.2 Å². The number of sulfonamides is 1. The molecule has 2 atom stereocenters. The Morgan fingerprint density at radius 2 is 1.65 bits per heavy atom. The number of piperidine rings is 1. The SMILES string of the molecule is CCN(CC)S(=O)(=O)c1ccc(C(=O)N2C3CCC2CC(OC)C3)cc1. The standard InChI is InChI=1S/C19H28N2O4S/c1-4-20(5-2)26(23,24)18-10-6-14(7-11-18)19(22)21-15-8-9-16(21)13-17(12-15)25-3/h6-7,10-11,15-17H,4-5,8-9,12-13H2,1-3H3. The first-order valence-electron chi connectivity index (χ1n) is 9.38. The van der Waals surface area contributed by atoms with Crippen molar-refractivity contribution in [2.24, 2.45) is 0 Å². The summed E-state index contributed by atoms with van der Waals surface area (Å²) in [5.41, 5.74) is 0.552. The first-order chi connectivity index (χ1) is 12.4. The maximum absolute atomic E-state index is 13.0. The Morgan fingerprint density at radius 1 is 1.12 bits per heavy atom. The van der Waals surface area contributed by atoms with Crippen LogP contribution < -0.4 is 0 Å². The summed E-state index contributed by atoms with van der Waals surface area (Å²) in [4.78, 5) is 15.2. The predicted molar refractivity (Wildman–Crippen MR) is 99.6 cm³/mol. The van der Waals surface area contributed by atoms with Crippen molar-refractivity contribution < 1.29 is 17.9 Å². The number of carbonyl (C=O) groups excluding carboxylic acids is 1. The number of hydrogen-bond acceptors (Lipinski definition) is 4. The molecule has 2 fully saturated rings. The van der Waals surface area contributed by atoms with Gasteiger partial charge in [-0.05, 0) is 49.9 Å². The minimum atomic E-state index is -3.50. The van der Waals surface area contributed by atoms with E-state index in [0.717, 1.165) is 25.7 Å². The highest BCUT2D eigenvalue weighted by Gasteiger charge is 2.43. The van der Waals surface area contributed by atoms with E-state index >= 15 is 0 Å². The van der Waals surface area contributed by atoms with E-state index in [1.807, 2.05) is 18.7 Å². The molecule has 0 radical (unpaired) electrons. The summed E-state index contributed by atoms with van der Waals surface area (Å²) >= 11 is 0. The zero-order valence-corrected chi connectivity index (χ0v) is 16.5. The molecule has 26 heavy (non-hydrogen) atoms. The Labute approximate surface area is 156 Å². The molecule has 0 spiro atoms. The molecule has 1 amide bonds. The van der Waals surface area contributed by atoms with E-state index in [0.29, 0.717) is 18.7 Å². The summed E-state index contributed by atoms with van der Waals surface area (Å²) in [5, 5.41) is 0. The van der Waals surface area contributed by atoms with E-state index in [2.05, 4.69) is 0 Å². The van der Waals surface area contributed by atoms with Gasteiger partial charge in [-0.3, -0.25) is 4.79 Å². The largest absolute Gasteiger partial charge is 0.381 e. The molecule has 0 aromatic heterocycles. The number of rotatable bonds is 6. The average molecular weight is 381 g/mol. The second-order valence-corrected chi connectivity index (χ2v) is 8.98. The Bertz CT molecular complexity index is 729. The van der Waals surface area contributed by atoms with Crippen LogP contribution in [0.2, 0.25) is 0 Å². The van der Waals surface area contributed by atoms with Gasteiger partial charge in [0.05, 0.1) is 11.0 Å². The van der Waals surface area contributed by atoms with E-state index in [1.165, 1.54) is 4.31 Å². The van der Waals surface area contributed by atoms with Crippen LogP contribution >= 0.6 is 0 Å². The van der Waals surface area contributed by atoms with Gasteiger partial charge in [0.2, 0.25) is 10.0 Å². The first kappa shape index (κ1) is 19.3. The van der Waals surface area contributed by atoms with Gasteiger partial charge in [0.1, 0.15) is 0 Å². The molecule has 6 nitrogen and oxygen atoms in total. The molecular weight excluding hydrogens is 352 g/mol. The zero-order chi connectivity index (χ0) is 18.9. The van der Waals surface area contributed by atoms with Crippen molar-refractivity contribution in [1.82, 2.24) is 9.21 Å². The van der Waals surface area contributed by atoms with Crippen LogP contribution in [0.15, 0.2) is 29.2 Å². The predicted octanol–water partition coefficient (Wildman–Crippen LogP) is 2.50. The number of nitrogens with zero attached hydrogens (tertiary/aromatic N) is 2. The van der Waals surface area contributed by atoms with Crippen LogP contribution in [0.25, 0.3) is 0 Å². The fourth-order valence-electron chi connectivity index (χ4n) is 4.28. The molecule has 144 valence electrons. The minimum absolute atomic E-state index is 0.00107. The van der Waals surface area contributed by atoms with Crippen LogP contribution in [0.5, 0.6) is 0 Å². The highest BCUT2D eigenvalue weighted by Crippen LogP contribution is 2.37. The summed E-state index contributed by atoms with van der Waals surface area (Å²) in [7, 11) is -1.76. The monoisotopic (exact) mass is 380 g/mol. The van der Waals surface area contributed by atoms with Gasteiger partial charge in [0.15, 0.2) is 0 Å². The fourth-order valence-corrected chi connectivity index (χ4v) is 5.74. The summed E-state index contributed by atoms with van der Waals surface area (Å²) < 4.78 is 32.1. The van der Waals surface area contributed by atoms with Crippen LogP contribution in [0.1, 0.15) is 49.9 Å². The third-order valence-corrected chi connectivity index (χ3v) is 7.77. The van der Waals surface area contributed by atoms with Gasteiger partial charge in [-0.2, -0.15) is 4.31 Å². The van der Waals surface area contributed by atoms with Crippen molar-refractivity contribution in [2.45, 2.75) is 62.6 Å². The smallest absolute Gasteiger partial charge is 0.254 e. The van der Waals surface area contributed by atoms with Crippen LogP contribution in [0.3, 0.4) is 0 Å². The Hall–Kier alpha value is -1.44. The van der Waals surface area contributed by atoms with Gasteiger partial charge in [-0.15, -0.1) is 0 Å². The zero-order valence-electron chi connectivity index (χ0n) is 15.7. The second-order valence-electron chi connectivity index (χ2n) is 7.04. The van der Waals surface area contributed by atoms with Gasteiger partial charge in [0.25, 0.3) is 5.91 Å². The summed E-state index contributed by atoms with van der Waals surface area (Å²) in [6.07, 6.45) is 4.04. The lowest BCUT2D eigenvalue weighted by Crippen LogP contribution is -2.48. The Kier molecular flexibility index (Phi) is 5.69. The van der Waals surface area contributed by atoms with Gasteiger partial charge >= 0.3 is 0 Å². The van der Waals surface area contributed by atoms with Crippen LogP contribution in [0.4, 0.5) is 0 Å². The topological polar surface area (TPSA) is 66.9 Å². The molecule has 1 aromatic carbocycles. The van der Waals surface area contributed by atoms with Crippen molar-refractivity contribution in [3.8, 4) is 0 Å². The van der Waals surface area contributed by atoms with Crippen LogP contribution in [-0.2, 0) is 14.8 Å². The Morgan fingerprint density at radius 3 is 2.12 bits per heavy atom. The van der Waals surface area contributed by atoms with Crippen LogP contribution in [0, 0.1) is 0 Å². The Balaban J connectivity index is 1.78. The average Bonchev–Trinajstić information content (AvgIpc) is 2.91. The summed E-state index contributed by atoms with van der Waals surface area (Å²) in [5.74, 6) is -0.00107. The third-order valence-electron chi connectivity index (χ3n) is 5.70. The van der Waals surface area contributed by atoms with Crippen LogP contribution in [-0.4, -0.2) is 61.9 Å². The van der Waals surface area contributed by atoms with Crippen molar-refractivity contribution in [2.75, 3.05) is 20.2 Å². The van der Waals surface area contributed by atoms with E-state index in [4.69, 9.17) is 4.74 Å². The summed E-state index contributed by atoms with van der Waals surface area (Å²) in [6, 6.07) is 6.83. The lowest BCUT2D eigenvalue weighted by atomic mass is 9.98. The number of carbonyl (C=O) groups is 1. The highest BCUT2D eigenvalue weighted by atomic mass is 32.2. The van der Waals surface area contributed by atoms with E-state index in [1.54, 1.807) is 31.4 Å². The normalized spacial score (nSPS) is 25.7. The van der Waals surface area contributed by atoms with E-state index in [-0.39, 0.29) is 29.0 Å². The molecule has 2 aliphatic heterocycles. The molecule has 2 unspecified atom stereocenters. The third kappa shape index (κ3) is 3.40. The van der Waals surface area contributed by atoms with Gasteiger partial charge in [0, 0.05) is 37.8 Å². The molecule has 2 heterocycles. The second kappa shape index (κ2) is 7.66. The van der Waals surface area contributed by atoms with Gasteiger partial charge in [-0.1, -0.05) is 13.8 Å². The van der Waals surface area contributed by atoms with Gasteiger partial charge in [-0.25, -0.2) is 8.42 Å². The lowest BCUT2D eigenvalue weighted by Gasteiger charge is -2.38. The number of amides is 1. The highest BCUT2D eigenvalue weighted by molar-refractivity contribution is 7.89. The molecule has 3 rings (SSSR count). The number of ether oxygens (including phenoxy) is 1. The summed E-state index contributed by atoms with van der Waals surface area (Å²) in [6.45, 7) is 4.49.